The monoisotopic (exact) mass is 250 g/mol. The van der Waals surface area contributed by atoms with Gasteiger partial charge in [-0.1, -0.05) is 24.3 Å². The Morgan fingerprint density at radius 1 is 1.11 bits per heavy atom. The van der Waals surface area contributed by atoms with Crippen LogP contribution in [-0.4, -0.2) is 16.2 Å². The van der Waals surface area contributed by atoms with E-state index in [1.54, 1.807) is 0 Å². The Hall–Kier alpha value is -1.96. The molecule has 1 aromatic heterocycles. The molecule has 0 unspecified atom stereocenters. The molecule has 2 heterocycles. The molecule has 19 heavy (non-hydrogen) atoms. The van der Waals surface area contributed by atoms with Crippen molar-refractivity contribution in [3.63, 3.8) is 0 Å². The summed E-state index contributed by atoms with van der Waals surface area (Å²) in [5.41, 5.74) is 5.92. The number of aryl methyl sites for hydroxylation is 1. The van der Waals surface area contributed by atoms with E-state index in [9.17, 15) is 0 Å². The SMILES string of the molecule is Cc1cncc(C2=NC(C)(C)Cc3ccccc32)c1. The second-order valence-electron chi connectivity index (χ2n) is 5.86. The van der Waals surface area contributed by atoms with Gasteiger partial charge in [0.25, 0.3) is 0 Å². The highest BCUT2D eigenvalue weighted by atomic mass is 14.9. The van der Waals surface area contributed by atoms with Gasteiger partial charge in [-0.25, -0.2) is 0 Å². The van der Waals surface area contributed by atoms with Gasteiger partial charge in [-0.15, -0.1) is 0 Å². The molecular weight excluding hydrogens is 232 g/mol. The highest BCUT2D eigenvalue weighted by molar-refractivity contribution is 6.14. The first kappa shape index (κ1) is 12.1. The highest BCUT2D eigenvalue weighted by Gasteiger charge is 2.27. The minimum atomic E-state index is -0.0482. The van der Waals surface area contributed by atoms with Gasteiger partial charge in [0.15, 0.2) is 0 Å². The van der Waals surface area contributed by atoms with Crippen LogP contribution in [0.25, 0.3) is 0 Å². The zero-order valence-electron chi connectivity index (χ0n) is 11.6. The topological polar surface area (TPSA) is 25.2 Å². The molecule has 0 atom stereocenters. The van der Waals surface area contributed by atoms with Crippen molar-refractivity contribution >= 4 is 5.71 Å². The van der Waals surface area contributed by atoms with Crippen LogP contribution in [0, 0.1) is 6.92 Å². The molecule has 2 heteroatoms. The average molecular weight is 250 g/mol. The van der Waals surface area contributed by atoms with Crippen molar-refractivity contribution in [2.24, 2.45) is 4.99 Å². The van der Waals surface area contributed by atoms with Gasteiger partial charge in [0.2, 0.25) is 0 Å². The van der Waals surface area contributed by atoms with Gasteiger partial charge in [-0.05, 0) is 44.4 Å². The molecule has 0 radical (unpaired) electrons. The first-order chi connectivity index (χ1) is 9.05. The first-order valence-corrected chi connectivity index (χ1v) is 6.65. The number of pyridine rings is 1. The van der Waals surface area contributed by atoms with Crippen molar-refractivity contribution in [1.29, 1.82) is 0 Å². The molecule has 0 N–H and O–H groups in total. The molecule has 3 rings (SSSR count). The number of benzene rings is 1. The Balaban J connectivity index is 2.20. The second-order valence-corrected chi connectivity index (χ2v) is 5.86. The molecule has 1 aliphatic heterocycles. The van der Waals surface area contributed by atoms with Crippen LogP contribution in [0.5, 0.6) is 0 Å². The molecule has 2 aromatic rings. The number of hydrogen-bond donors (Lipinski definition) is 0. The lowest BCUT2D eigenvalue weighted by Crippen LogP contribution is -2.29. The van der Waals surface area contributed by atoms with Crippen molar-refractivity contribution in [3.05, 3.63) is 65.0 Å². The van der Waals surface area contributed by atoms with E-state index in [4.69, 9.17) is 4.99 Å². The van der Waals surface area contributed by atoms with E-state index < -0.39 is 0 Å². The lowest BCUT2D eigenvalue weighted by atomic mass is 9.85. The van der Waals surface area contributed by atoms with Gasteiger partial charge in [0.05, 0.1) is 11.3 Å². The Labute approximate surface area is 114 Å². The Morgan fingerprint density at radius 3 is 2.68 bits per heavy atom. The third-order valence-electron chi connectivity index (χ3n) is 3.46. The van der Waals surface area contributed by atoms with Gasteiger partial charge in [0, 0.05) is 23.5 Å². The summed E-state index contributed by atoms with van der Waals surface area (Å²) in [5, 5.41) is 0. The molecule has 96 valence electrons. The fourth-order valence-corrected chi connectivity index (χ4v) is 2.68. The maximum absolute atomic E-state index is 4.94. The van der Waals surface area contributed by atoms with Crippen LogP contribution in [0.15, 0.2) is 47.7 Å². The fourth-order valence-electron chi connectivity index (χ4n) is 2.68. The minimum absolute atomic E-state index is 0.0482. The van der Waals surface area contributed by atoms with Crippen molar-refractivity contribution in [3.8, 4) is 0 Å². The zero-order chi connectivity index (χ0) is 13.5. The van der Waals surface area contributed by atoms with Crippen molar-refractivity contribution in [1.82, 2.24) is 4.98 Å². The maximum atomic E-state index is 4.94. The smallest absolute Gasteiger partial charge is 0.0744 e. The van der Waals surface area contributed by atoms with Crippen LogP contribution < -0.4 is 0 Å². The number of aromatic nitrogens is 1. The summed E-state index contributed by atoms with van der Waals surface area (Å²) in [7, 11) is 0. The van der Waals surface area contributed by atoms with E-state index in [1.807, 2.05) is 12.4 Å². The summed E-state index contributed by atoms with van der Waals surface area (Å²) >= 11 is 0. The van der Waals surface area contributed by atoms with Crippen LogP contribution in [0.1, 0.15) is 36.1 Å². The molecule has 1 aliphatic rings. The second kappa shape index (κ2) is 4.30. The Morgan fingerprint density at radius 2 is 1.89 bits per heavy atom. The van der Waals surface area contributed by atoms with Crippen LogP contribution in [-0.2, 0) is 6.42 Å². The molecule has 0 fully saturated rings. The molecule has 0 saturated heterocycles. The van der Waals surface area contributed by atoms with E-state index in [0.29, 0.717) is 0 Å². The summed E-state index contributed by atoms with van der Waals surface area (Å²) in [5.74, 6) is 0. The summed E-state index contributed by atoms with van der Waals surface area (Å²) in [6.07, 6.45) is 4.78. The molecule has 0 bridgehead atoms. The predicted octanol–water partition coefficient (Wildman–Crippen LogP) is 3.56. The average Bonchev–Trinajstić information content (AvgIpc) is 2.36. The van der Waals surface area contributed by atoms with E-state index in [-0.39, 0.29) is 5.54 Å². The predicted molar refractivity (Wildman–Crippen MR) is 78.8 cm³/mol. The van der Waals surface area contributed by atoms with Crippen molar-refractivity contribution in [2.45, 2.75) is 32.7 Å². The molecule has 0 spiro atoms. The number of hydrogen-bond acceptors (Lipinski definition) is 2. The number of nitrogens with zero attached hydrogens (tertiary/aromatic N) is 2. The number of aliphatic imine (C=N–C) groups is 1. The van der Waals surface area contributed by atoms with E-state index in [2.05, 4.69) is 56.1 Å². The molecule has 0 aliphatic carbocycles. The molecule has 0 saturated carbocycles. The third-order valence-corrected chi connectivity index (χ3v) is 3.46. The van der Waals surface area contributed by atoms with Crippen LogP contribution in [0.4, 0.5) is 0 Å². The summed E-state index contributed by atoms with van der Waals surface area (Å²) < 4.78 is 0. The number of rotatable bonds is 1. The van der Waals surface area contributed by atoms with Crippen LogP contribution >= 0.6 is 0 Å². The number of fused-ring (bicyclic) bond motifs is 1. The molecule has 1 aromatic carbocycles. The van der Waals surface area contributed by atoms with Gasteiger partial charge in [-0.3, -0.25) is 9.98 Å². The Kier molecular flexibility index (Phi) is 2.74. The molecular formula is C17H18N2. The lowest BCUT2D eigenvalue weighted by molar-refractivity contribution is 0.513. The quantitative estimate of drug-likeness (QED) is 0.759. The van der Waals surface area contributed by atoms with Crippen molar-refractivity contribution < 1.29 is 0 Å². The third kappa shape index (κ3) is 2.30. The first-order valence-electron chi connectivity index (χ1n) is 6.65. The Bertz CT molecular complexity index is 654. The minimum Gasteiger partial charge on any atom is -0.278 e. The zero-order valence-corrected chi connectivity index (χ0v) is 11.6. The van der Waals surface area contributed by atoms with Crippen LogP contribution in [0.3, 0.4) is 0 Å². The van der Waals surface area contributed by atoms with E-state index in [1.165, 1.54) is 16.7 Å². The summed E-state index contributed by atoms with van der Waals surface area (Å²) in [6.45, 7) is 6.44. The lowest BCUT2D eigenvalue weighted by Gasteiger charge is -2.29. The fraction of sp³-hybridized carbons (Fsp3) is 0.294. The summed E-state index contributed by atoms with van der Waals surface area (Å²) in [6, 6.07) is 10.7. The van der Waals surface area contributed by atoms with Gasteiger partial charge in [-0.2, -0.15) is 0 Å². The van der Waals surface area contributed by atoms with E-state index >= 15 is 0 Å². The molecule has 0 amide bonds. The largest absolute Gasteiger partial charge is 0.278 e. The van der Waals surface area contributed by atoms with Gasteiger partial charge < -0.3 is 0 Å². The van der Waals surface area contributed by atoms with Gasteiger partial charge in [0.1, 0.15) is 0 Å². The normalized spacial score (nSPS) is 16.7. The van der Waals surface area contributed by atoms with Crippen LogP contribution in [0.2, 0.25) is 0 Å². The van der Waals surface area contributed by atoms with Gasteiger partial charge >= 0.3 is 0 Å². The van der Waals surface area contributed by atoms with Crippen molar-refractivity contribution in [2.75, 3.05) is 0 Å². The standard InChI is InChI=1S/C17H18N2/c1-12-8-14(11-18-10-12)16-15-7-5-4-6-13(15)9-17(2,3)19-16/h4-8,10-11H,9H2,1-3H3. The highest BCUT2D eigenvalue weighted by Crippen LogP contribution is 2.29. The summed E-state index contributed by atoms with van der Waals surface area (Å²) in [4.78, 5) is 9.24. The maximum Gasteiger partial charge on any atom is 0.0744 e. The molecule has 2 nitrogen and oxygen atoms in total. The van der Waals surface area contributed by atoms with E-state index in [0.717, 1.165) is 17.7 Å².